The normalized spacial score (nSPS) is 19.2. The van der Waals surface area contributed by atoms with Crippen LogP contribution in [-0.4, -0.2) is 60.9 Å². The van der Waals surface area contributed by atoms with E-state index in [2.05, 4.69) is 5.32 Å². The molecule has 0 aromatic rings. The van der Waals surface area contributed by atoms with E-state index in [1.165, 1.54) is 12.8 Å². The highest BCUT2D eigenvalue weighted by Crippen LogP contribution is 2.27. The molecule has 21 heavy (non-hydrogen) atoms. The van der Waals surface area contributed by atoms with Gasteiger partial charge in [-0.2, -0.15) is 0 Å². The van der Waals surface area contributed by atoms with Crippen LogP contribution < -0.4 is 5.32 Å². The van der Waals surface area contributed by atoms with E-state index in [4.69, 9.17) is 0 Å². The topological polar surface area (TPSA) is 52.7 Å². The first-order valence-electron chi connectivity index (χ1n) is 7.85. The predicted molar refractivity (Wildman–Crippen MR) is 85.5 cm³/mol. The van der Waals surface area contributed by atoms with Gasteiger partial charge in [-0.1, -0.05) is 13.8 Å². The first-order chi connectivity index (χ1) is 9.58. The summed E-state index contributed by atoms with van der Waals surface area (Å²) in [6, 6.07) is 0. The number of carbonyl (C=O) groups is 2. The van der Waals surface area contributed by atoms with Gasteiger partial charge < -0.3 is 15.1 Å². The summed E-state index contributed by atoms with van der Waals surface area (Å²) in [4.78, 5) is 27.9. The van der Waals surface area contributed by atoms with Gasteiger partial charge in [0.2, 0.25) is 11.8 Å². The Balaban J connectivity index is 0.00000220. The van der Waals surface area contributed by atoms with Crippen molar-refractivity contribution in [1.29, 1.82) is 0 Å². The van der Waals surface area contributed by atoms with E-state index in [0.29, 0.717) is 19.6 Å². The van der Waals surface area contributed by atoms with Gasteiger partial charge in [-0.3, -0.25) is 9.59 Å². The fourth-order valence-electron chi connectivity index (χ4n) is 2.57. The quantitative estimate of drug-likeness (QED) is 0.827. The number of nitrogens with zero attached hydrogens (tertiary/aromatic N) is 2. The van der Waals surface area contributed by atoms with Crippen LogP contribution in [0.15, 0.2) is 0 Å². The monoisotopic (exact) mass is 317 g/mol. The van der Waals surface area contributed by atoms with Crippen LogP contribution in [0.5, 0.6) is 0 Å². The summed E-state index contributed by atoms with van der Waals surface area (Å²) in [7, 11) is 0. The molecule has 0 atom stereocenters. The number of hydrogen-bond donors (Lipinski definition) is 1. The third-order valence-electron chi connectivity index (χ3n) is 4.06. The van der Waals surface area contributed by atoms with Gasteiger partial charge in [-0.15, -0.1) is 12.4 Å². The molecule has 0 radical (unpaired) electrons. The molecule has 0 aromatic heterocycles. The molecule has 1 heterocycles. The van der Waals surface area contributed by atoms with Crippen molar-refractivity contribution in [1.82, 2.24) is 15.1 Å². The fraction of sp³-hybridized carbons (Fsp3) is 0.867. The van der Waals surface area contributed by atoms with E-state index >= 15 is 0 Å². The summed E-state index contributed by atoms with van der Waals surface area (Å²) in [6.45, 7) is 8.15. The van der Waals surface area contributed by atoms with Gasteiger partial charge >= 0.3 is 0 Å². The van der Waals surface area contributed by atoms with Gasteiger partial charge in [0.15, 0.2) is 0 Å². The number of halogens is 1. The smallest absolute Gasteiger partial charge is 0.236 e. The Labute approximate surface area is 133 Å². The van der Waals surface area contributed by atoms with E-state index in [1.54, 1.807) is 0 Å². The third kappa shape index (κ3) is 5.83. The number of nitrogens with one attached hydrogen (secondary N) is 1. The largest absolute Gasteiger partial charge is 0.341 e. The Hall–Kier alpha value is -0.810. The van der Waals surface area contributed by atoms with Crippen LogP contribution in [0.1, 0.15) is 33.1 Å². The molecule has 2 rings (SSSR count). The number of rotatable bonds is 5. The average molecular weight is 318 g/mol. The molecule has 0 aromatic carbocycles. The molecule has 0 bridgehead atoms. The third-order valence-corrected chi connectivity index (χ3v) is 4.06. The molecular weight excluding hydrogens is 290 g/mol. The molecular formula is C15H28ClN3O2. The maximum atomic E-state index is 12.1. The second-order valence-corrected chi connectivity index (χ2v) is 6.29. The van der Waals surface area contributed by atoms with Gasteiger partial charge in [0.05, 0.1) is 6.54 Å². The summed E-state index contributed by atoms with van der Waals surface area (Å²) in [5, 5.41) is 3.25. The van der Waals surface area contributed by atoms with Crippen LogP contribution in [0.4, 0.5) is 0 Å². The van der Waals surface area contributed by atoms with Crippen molar-refractivity contribution in [3.8, 4) is 0 Å². The Morgan fingerprint density at radius 2 is 1.71 bits per heavy atom. The minimum atomic E-state index is 0. The first-order valence-corrected chi connectivity index (χ1v) is 7.85. The van der Waals surface area contributed by atoms with Crippen LogP contribution in [0.2, 0.25) is 0 Å². The Morgan fingerprint density at radius 1 is 1.10 bits per heavy atom. The van der Waals surface area contributed by atoms with Crippen molar-refractivity contribution in [2.45, 2.75) is 33.1 Å². The molecule has 1 saturated carbocycles. The van der Waals surface area contributed by atoms with E-state index < -0.39 is 0 Å². The maximum absolute atomic E-state index is 12.1. The molecule has 6 heteroatoms. The zero-order chi connectivity index (χ0) is 14.5. The molecule has 1 aliphatic carbocycles. The van der Waals surface area contributed by atoms with Crippen molar-refractivity contribution in [3.05, 3.63) is 0 Å². The summed E-state index contributed by atoms with van der Waals surface area (Å²) in [5.41, 5.74) is 0. The molecule has 1 saturated heterocycles. The lowest BCUT2D eigenvalue weighted by Gasteiger charge is -2.23. The van der Waals surface area contributed by atoms with E-state index in [9.17, 15) is 9.59 Å². The fourth-order valence-corrected chi connectivity index (χ4v) is 2.57. The van der Waals surface area contributed by atoms with Crippen molar-refractivity contribution < 1.29 is 9.59 Å². The molecule has 5 nitrogen and oxygen atoms in total. The van der Waals surface area contributed by atoms with Gasteiger partial charge in [0, 0.05) is 32.1 Å². The highest BCUT2D eigenvalue weighted by atomic mass is 35.5. The minimum absolute atomic E-state index is 0. The molecule has 2 amide bonds. The molecule has 0 spiro atoms. The van der Waals surface area contributed by atoms with Crippen LogP contribution in [0.25, 0.3) is 0 Å². The van der Waals surface area contributed by atoms with Gasteiger partial charge in [0.25, 0.3) is 0 Å². The summed E-state index contributed by atoms with van der Waals surface area (Å²) < 4.78 is 0. The average Bonchev–Trinajstić information content (AvgIpc) is 3.23. The molecule has 1 N–H and O–H groups in total. The molecule has 2 fully saturated rings. The van der Waals surface area contributed by atoms with Gasteiger partial charge in [-0.25, -0.2) is 0 Å². The van der Waals surface area contributed by atoms with Crippen molar-refractivity contribution in [2.24, 2.45) is 11.8 Å². The number of amides is 2. The summed E-state index contributed by atoms with van der Waals surface area (Å²) in [5.74, 6) is 1.21. The Kier molecular flexibility index (Phi) is 7.46. The van der Waals surface area contributed by atoms with Crippen molar-refractivity contribution in [2.75, 3.05) is 39.3 Å². The van der Waals surface area contributed by atoms with E-state index in [0.717, 1.165) is 32.0 Å². The summed E-state index contributed by atoms with van der Waals surface area (Å²) >= 11 is 0. The highest BCUT2D eigenvalue weighted by Gasteiger charge is 2.24. The van der Waals surface area contributed by atoms with Crippen LogP contribution in [-0.2, 0) is 9.59 Å². The molecule has 122 valence electrons. The maximum Gasteiger partial charge on any atom is 0.236 e. The SMILES string of the molecule is CC(C)C(=O)N1CCCN(C(=O)CNCC2CC2)CC1.Cl. The predicted octanol–water partition coefficient (Wildman–Crippen LogP) is 1.12. The Bertz CT molecular complexity index is 359. The van der Waals surface area contributed by atoms with Crippen LogP contribution in [0.3, 0.4) is 0 Å². The van der Waals surface area contributed by atoms with Crippen molar-refractivity contribution in [3.63, 3.8) is 0 Å². The van der Waals surface area contributed by atoms with E-state index in [1.807, 2.05) is 23.6 Å². The number of carbonyl (C=O) groups excluding carboxylic acids is 2. The summed E-state index contributed by atoms with van der Waals surface area (Å²) in [6.07, 6.45) is 3.49. The first kappa shape index (κ1) is 18.2. The molecule has 0 unspecified atom stereocenters. The van der Waals surface area contributed by atoms with E-state index in [-0.39, 0.29) is 30.1 Å². The van der Waals surface area contributed by atoms with Crippen LogP contribution >= 0.6 is 12.4 Å². The molecule has 2 aliphatic rings. The lowest BCUT2D eigenvalue weighted by Crippen LogP contribution is -2.42. The zero-order valence-electron chi connectivity index (χ0n) is 13.1. The minimum Gasteiger partial charge on any atom is -0.341 e. The second-order valence-electron chi connectivity index (χ2n) is 6.29. The zero-order valence-corrected chi connectivity index (χ0v) is 14.0. The Morgan fingerprint density at radius 3 is 2.33 bits per heavy atom. The lowest BCUT2D eigenvalue weighted by molar-refractivity contribution is -0.135. The van der Waals surface area contributed by atoms with Crippen molar-refractivity contribution >= 4 is 24.2 Å². The van der Waals surface area contributed by atoms with Gasteiger partial charge in [0.1, 0.15) is 0 Å². The lowest BCUT2D eigenvalue weighted by atomic mass is 10.2. The molecule has 1 aliphatic heterocycles. The highest BCUT2D eigenvalue weighted by molar-refractivity contribution is 5.85. The second kappa shape index (κ2) is 8.59. The van der Waals surface area contributed by atoms with Gasteiger partial charge in [-0.05, 0) is 31.7 Å². The standard InChI is InChI=1S/C15H27N3O2.ClH/c1-12(2)15(20)18-7-3-6-17(8-9-18)14(19)11-16-10-13-4-5-13;/h12-13,16H,3-11H2,1-2H3;1H. The number of hydrogen-bond acceptors (Lipinski definition) is 3. The van der Waals surface area contributed by atoms with Crippen LogP contribution in [0, 0.1) is 11.8 Å².